The Morgan fingerprint density at radius 1 is 0.380 bits per heavy atom. The Morgan fingerprint density at radius 2 is 0.740 bits per heavy atom. The van der Waals surface area contributed by atoms with Crippen LogP contribution in [0, 0.1) is 0 Å². The van der Waals surface area contributed by atoms with Gasteiger partial charge in [-0.25, -0.2) is 0 Å². The fraction of sp³-hybridized carbons (Fsp3) is 0.522. The quantitative estimate of drug-likeness (QED) is 0.0736. The summed E-state index contributed by atoms with van der Waals surface area (Å²) in [5.41, 5.74) is 5.98. The third-order valence-electron chi connectivity index (χ3n) is 11.3. The molecule has 0 unspecified atom stereocenters. The van der Waals surface area contributed by atoms with Crippen LogP contribution in [-0.4, -0.2) is 24.9 Å². The normalized spacial score (nSPS) is 13.6. The summed E-state index contributed by atoms with van der Waals surface area (Å²) < 4.78 is 0. The van der Waals surface area contributed by atoms with E-state index in [-0.39, 0.29) is 11.8 Å². The van der Waals surface area contributed by atoms with Crippen molar-refractivity contribution >= 4 is 44.7 Å². The van der Waals surface area contributed by atoms with Crippen LogP contribution in [0.3, 0.4) is 0 Å². The average Bonchev–Trinajstić information content (AvgIpc) is 3.57. The molecule has 2 amide bonds. The second kappa shape index (κ2) is 18.0. The van der Waals surface area contributed by atoms with Crippen molar-refractivity contribution in [3.05, 3.63) is 71.8 Å². The highest BCUT2D eigenvalue weighted by molar-refractivity contribution is 6.29. The number of hydrogen-bond donors (Lipinski definition) is 0. The number of hydrogen-bond acceptors (Lipinski definition) is 2. The van der Waals surface area contributed by atoms with Gasteiger partial charge in [0.1, 0.15) is 0 Å². The van der Waals surface area contributed by atoms with E-state index in [1.165, 1.54) is 116 Å². The Hall–Kier alpha value is -3.66. The molecule has 2 aliphatic heterocycles. The Kier molecular flexibility index (Phi) is 13.0. The summed E-state index contributed by atoms with van der Waals surface area (Å²) in [6, 6.07) is 21.1. The van der Waals surface area contributed by atoms with Crippen LogP contribution in [-0.2, 0) is 0 Å². The van der Waals surface area contributed by atoms with E-state index in [4.69, 9.17) is 0 Å². The minimum atomic E-state index is 0.132. The van der Waals surface area contributed by atoms with Crippen LogP contribution in [0.2, 0.25) is 0 Å². The van der Waals surface area contributed by atoms with Gasteiger partial charge in [-0.2, -0.15) is 0 Å². The maximum atomic E-state index is 13.7. The minimum Gasteiger partial charge on any atom is -0.308 e. The van der Waals surface area contributed by atoms with Crippen molar-refractivity contribution < 1.29 is 9.59 Å². The van der Waals surface area contributed by atoms with E-state index in [9.17, 15) is 9.59 Å². The third kappa shape index (κ3) is 7.95. The van der Waals surface area contributed by atoms with E-state index in [2.05, 4.69) is 56.3 Å². The second-order valence-corrected chi connectivity index (χ2v) is 15.0. The van der Waals surface area contributed by atoms with Gasteiger partial charge in [-0.05, 0) is 59.0 Å². The predicted molar refractivity (Wildman–Crippen MR) is 214 cm³/mol. The molecule has 0 spiro atoms. The van der Waals surface area contributed by atoms with E-state index in [1.54, 1.807) is 0 Å². The summed E-state index contributed by atoms with van der Waals surface area (Å²) in [6.45, 7) is 6.09. The van der Waals surface area contributed by atoms with Gasteiger partial charge in [-0.15, -0.1) is 0 Å². The molecule has 2 heterocycles. The summed E-state index contributed by atoms with van der Waals surface area (Å²) in [7, 11) is 0. The van der Waals surface area contributed by atoms with Gasteiger partial charge in [-0.3, -0.25) is 9.59 Å². The molecule has 0 bridgehead atoms. The van der Waals surface area contributed by atoms with E-state index in [0.29, 0.717) is 0 Å². The molecule has 6 rings (SSSR count). The van der Waals surface area contributed by atoms with E-state index >= 15 is 0 Å². The number of amides is 2. The van der Waals surface area contributed by atoms with E-state index in [1.807, 2.05) is 28.0 Å². The van der Waals surface area contributed by atoms with Crippen LogP contribution in [0.5, 0.6) is 0 Å². The first-order valence-corrected chi connectivity index (χ1v) is 20.4. The summed E-state index contributed by atoms with van der Waals surface area (Å²) in [5, 5.41) is 4.38. The van der Waals surface area contributed by atoms with E-state index in [0.717, 1.165) is 81.1 Å². The third-order valence-corrected chi connectivity index (χ3v) is 11.3. The smallest absolute Gasteiger partial charge is 0.258 e. The fourth-order valence-electron chi connectivity index (χ4n) is 8.52. The zero-order valence-electron chi connectivity index (χ0n) is 31.0. The molecule has 4 aromatic rings. The fourth-order valence-corrected chi connectivity index (χ4v) is 8.52. The first kappa shape index (κ1) is 36.1. The van der Waals surface area contributed by atoms with Gasteiger partial charge in [0, 0.05) is 35.0 Å². The molecule has 0 saturated heterocycles. The number of nitrogens with zero attached hydrogens (tertiary/aromatic N) is 2. The molecule has 4 heteroatoms. The molecule has 0 fully saturated rings. The van der Waals surface area contributed by atoms with Crippen LogP contribution in [0.15, 0.2) is 60.7 Å². The van der Waals surface area contributed by atoms with Crippen molar-refractivity contribution in [1.29, 1.82) is 0 Å². The van der Waals surface area contributed by atoms with Gasteiger partial charge in [-0.1, -0.05) is 166 Å². The maximum absolute atomic E-state index is 13.7. The highest BCUT2D eigenvalue weighted by atomic mass is 16.2. The van der Waals surface area contributed by atoms with Gasteiger partial charge in [0.25, 0.3) is 11.8 Å². The monoisotopic (exact) mass is 672 g/mol. The lowest BCUT2D eigenvalue weighted by molar-refractivity contribution is 0.0985. The molecule has 0 aliphatic carbocycles. The molecule has 0 radical (unpaired) electrons. The first-order chi connectivity index (χ1) is 24.7. The number of benzene rings is 4. The molecule has 2 aliphatic rings. The Bertz CT molecular complexity index is 1680. The number of unbranched alkanes of at least 4 members (excludes halogenated alkanes) is 18. The summed E-state index contributed by atoms with van der Waals surface area (Å²) in [4.78, 5) is 31.4. The van der Waals surface area contributed by atoms with Crippen LogP contribution in [0.4, 0.5) is 11.4 Å². The lowest BCUT2D eigenvalue weighted by Crippen LogP contribution is -2.27. The largest absolute Gasteiger partial charge is 0.308 e. The van der Waals surface area contributed by atoms with Crippen molar-refractivity contribution in [2.75, 3.05) is 22.9 Å². The van der Waals surface area contributed by atoms with Gasteiger partial charge >= 0.3 is 0 Å². The maximum Gasteiger partial charge on any atom is 0.258 e. The van der Waals surface area contributed by atoms with Crippen LogP contribution >= 0.6 is 0 Å². The van der Waals surface area contributed by atoms with Crippen LogP contribution in [0.25, 0.3) is 32.7 Å². The SMILES string of the molecule is CCCCCCCCCCCCN1C(=O)c2ccc(-c3ccc4c5c(cccc35)C(=O)N4CCCCCCCCCCCC)c3cccc1c23. The Morgan fingerprint density at radius 3 is 1.22 bits per heavy atom. The van der Waals surface area contributed by atoms with Crippen LogP contribution in [0.1, 0.15) is 163 Å². The molecule has 0 aromatic heterocycles. The lowest BCUT2D eigenvalue weighted by atomic mass is 9.91. The standard InChI is InChI=1S/C46H60N2O2/c1-3-5-7-9-11-13-15-17-19-21-33-47-41-28-24-26-38-35(29-30-40(44(38)41)46(47)50)36-31-32-42-43-37(36)25-23-27-39(43)45(49)48(42)34-22-20-18-16-14-12-10-8-6-4-2/h23-32H,3-22,33-34H2,1-2H3. The number of carbonyl (C=O) groups excluding carboxylic acids is 2. The average molecular weight is 673 g/mol. The van der Waals surface area contributed by atoms with Crippen molar-refractivity contribution in [3.63, 3.8) is 0 Å². The van der Waals surface area contributed by atoms with Crippen LogP contribution < -0.4 is 9.80 Å². The minimum absolute atomic E-state index is 0.132. The first-order valence-electron chi connectivity index (χ1n) is 20.4. The van der Waals surface area contributed by atoms with Crippen molar-refractivity contribution in [1.82, 2.24) is 0 Å². The zero-order chi connectivity index (χ0) is 34.7. The molecule has 4 aromatic carbocycles. The topological polar surface area (TPSA) is 40.6 Å². The number of rotatable bonds is 23. The van der Waals surface area contributed by atoms with Gasteiger partial charge in [0.05, 0.1) is 11.4 Å². The molecule has 50 heavy (non-hydrogen) atoms. The number of anilines is 2. The molecule has 0 atom stereocenters. The lowest BCUT2D eigenvalue weighted by Gasteiger charge is -2.19. The highest BCUT2D eigenvalue weighted by Gasteiger charge is 2.32. The summed E-state index contributed by atoms with van der Waals surface area (Å²) in [6.07, 6.45) is 25.8. The van der Waals surface area contributed by atoms with Gasteiger partial charge in [0.2, 0.25) is 0 Å². The Balaban J connectivity index is 1.11. The van der Waals surface area contributed by atoms with E-state index < -0.39 is 0 Å². The molecule has 266 valence electrons. The zero-order valence-corrected chi connectivity index (χ0v) is 31.0. The van der Waals surface area contributed by atoms with Crippen molar-refractivity contribution in [3.8, 4) is 11.1 Å². The highest BCUT2D eigenvalue weighted by Crippen LogP contribution is 2.46. The molecule has 0 N–H and O–H groups in total. The summed E-state index contributed by atoms with van der Waals surface area (Å²) in [5.74, 6) is 0.264. The summed E-state index contributed by atoms with van der Waals surface area (Å²) >= 11 is 0. The molecular weight excluding hydrogens is 613 g/mol. The Labute approximate surface area is 301 Å². The van der Waals surface area contributed by atoms with Crippen molar-refractivity contribution in [2.24, 2.45) is 0 Å². The predicted octanol–water partition coefficient (Wildman–Crippen LogP) is 13.4. The molecule has 4 nitrogen and oxygen atoms in total. The number of carbonyl (C=O) groups is 2. The second-order valence-electron chi connectivity index (χ2n) is 15.0. The van der Waals surface area contributed by atoms with Gasteiger partial charge in [0.15, 0.2) is 0 Å². The molecular formula is C46H60N2O2. The van der Waals surface area contributed by atoms with Crippen molar-refractivity contribution in [2.45, 2.75) is 142 Å². The van der Waals surface area contributed by atoms with Gasteiger partial charge < -0.3 is 9.80 Å². The molecule has 0 saturated carbocycles.